The smallest absolute Gasteiger partial charge is 0.361 e. The molecule has 2 heterocycles. The summed E-state index contributed by atoms with van der Waals surface area (Å²) in [5, 5.41) is 11.4. The number of aromatic amines is 2. The molecule has 0 saturated heterocycles. The number of benzene rings is 2. The Morgan fingerprint density at radius 1 is 0.867 bits per heavy atom. The van der Waals surface area contributed by atoms with Gasteiger partial charge in [0.25, 0.3) is 0 Å². The number of rotatable bonds is 4. The van der Waals surface area contributed by atoms with Crippen LogP contribution >= 0.6 is 0 Å². The first-order valence-corrected chi connectivity index (χ1v) is 10.2. The molecule has 2 aromatic carbocycles. The van der Waals surface area contributed by atoms with Crippen LogP contribution in [0.15, 0.2) is 71.8 Å². The van der Waals surface area contributed by atoms with Crippen molar-refractivity contribution in [2.45, 2.75) is 11.1 Å². The van der Waals surface area contributed by atoms with Crippen molar-refractivity contribution < 1.29 is 21.6 Å². The molecule has 4 rings (SSSR count). The van der Waals surface area contributed by atoms with Crippen LogP contribution < -0.4 is 5.14 Å². The Hall–Kier alpha value is -3.37. The number of sulfonamides is 1. The van der Waals surface area contributed by atoms with E-state index < -0.39 is 21.8 Å². The molecule has 0 saturated carbocycles. The van der Waals surface area contributed by atoms with Crippen LogP contribution in [0.5, 0.6) is 0 Å². The number of nitrogens with zero attached hydrogens (tertiary/aromatic N) is 1. The molecule has 4 aromatic rings. The minimum absolute atomic E-state index is 0.136. The fourth-order valence-corrected chi connectivity index (χ4v) is 3.68. The lowest BCUT2D eigenvalue weighted by Gasteiger charge is -2.11. The number of aromatic nitrogens is 3. The number of primary sulfonamides is 1. The second kappa shape index (κ2) is 7.15. The van der Waals surface area contributed by atoms with Crippen molar-refractivity contribution >= 4 is 10.0 Å². The molecule has 4 N–H and O–H groups in total. The van der Waals surface area contributed by atoms with Gasteiger partial charge >= 0.3 is 6.18 Å². The third-order valence-electron chi connectivity index (χ3n) is 4.59. The second-order valence-corrected chi connectivity index (χ2v) is 8.11. The zero-order valence-corrected chi connectivity index (χ0v) is 16.1. The minimum Gasteiger partial charge on any atom is -0.361 e. The molecule has 0 unspecified atom stereocenters. The molecule has 0 bridgehead atoms. The largest absolute Gasteiger partial charge is 0.420 e. The highest BCUT2D eigenvalue weighted by Crippen LogP contribution is 2.42. The van der Waals surface area contributed by atoms with Gasteiger partial charge in [0.2, 0.25) is 10.0 Å². The van der Waals surface area contributed by atoms with Gasteiger partial charge in [-0.25, -0.2) is 13.6 Å². The molecule has 0 amide bonds. The van der Waals surface area contributed by atoms with E-state index in [0.717, 1.165) is 23.4 Å². The SMILES string of the molecule is NS(=O)(=O)c1ccc(-c2[nH]nc(-c3ccc(-c4ccc[nH]4)cc3)c2C(F)(F)F)cc1. The number of hydrogen-bond acceptors (Lipinski definition) is 3. The third-order valence-corrected chi connectivity index (χ3v) is 5.52. The van der Waals surface area contributed by atoms with E-state index in [1.165, 1.54) is 12.1 Å². The number of alkyl halides is 3. The highest BCUT2D eigenvalue weighted by Gasteiger charge is 2.39. The van der Waals surface area contributed by atoms with Crippen molar-refractivity contribution in [3.63, 3.8) is 0 Å². The maximum Gasteiger partial charge on any atom is 0.420 e. The lowest BCUT2D eigenvalue weighted by atomic mass is 10.00. The number of nitrogens with one attached hydrogen (secondary N) is 2. The first-order valence-electron chi connectivity index (χ1n) is 8.67. The second-order valence-electron chi connectivity index (χ2n) is 6.55. The van der Waals surface area contributed by atoms with Crippen LogP contribution in [-0.4, -0.2) is 23.6 Å². The number of hydrogen-bond donors (Lipinski definition) is 3. The number of halogens is 3. The van der Waals surface area contributed by atoms with Gasteiger partial charge in [-0.3, -0.25) is 5.10 Å². The molecule has 2 aromatic heterocycles. The van der Waals surface area contributed by atoms with Crippen molar-refractivity contribution in [2.24, 2.45) is 5.14 Å². The first kappa shape index (κ1) is 19.9. The Bertz CT molecular complexity index is 1280. The normalized spacial score (nSPS) is 12.3. The van der Waals surface area contributed by atoms with E-state index >= 15 is 0 Å². The van der Waals surface area contributed by atoms with Crippen molar-refractivity contribution in [1.29, 1.82) is 0 Å². The average Bonchev–Trinajstić information content (AvgIpc) is 3.37. The van der Waals surface area contributed by atoms with Crippen LogP contribution in [-0.2, 0) is 16.2 Å². The molecule has 0 atom stereocenters. The molecule has 0 aliphatic carbocycles. The van der Waals surface area contributed by atoms with Gasteiger partial charge in [0.1, 0.15) is 11.3 Å². The molecule has 30 heavy (non-hydrogen) atoms. The Balaban J connectivity index is 1.78. The number of H-pyrrole nitrogens is 2. The predicted molar refractivity (Wildman–Crippen MR) is 106 cm³/mol. The van der Waals surface area contributed by atoms with Gasteiger partial charge in [0.05, 0.1) is 10.6 Å². The van der Waals surface area contributed by atoms with E-state index in [-0.39, 0.29) is 21.8 Å². The van der Waals surface area contributed by atoms with E-state index in [2.05, 4.69) is 15.2 Å². The molecule has 0 spiro atoms. The fraction of sp³-hybridized carbons (Fsp3) is 0.0500. The average molecular weight is 432 g/mol. The zero-order chi connectivity index (χ0) is 21.5. The summed E-state index contributed by atoms with van der Waals surface area (Å²) in [5.74, 6) is 0. The summed E-state index contributed by atoms with van der Waals surface area (Å²) in [4.78, 5) is 2.84. The predicted octanol–water partition coefficient (Wildman–Crippen LogP) is 4.41. The summed E-state index contributed by atoms with van der Waals surface area (Å²) in [6, 6.07) is 15.0. The summed E-state index contributed by atoms with van der Waals surface area (Å²) in [7, 11) is -3.95. The van der Waals surface area contributed by atoms with E-state index in [9.17, 15) is 21.6 Å². The summed E-state index contributed by atoms with van der Waals surface area (Å²) in [5.41, 5.74) is 0.663. The molecule has 0 aliphatic heterocycles. The minimum atomic E-state index is -4.69. The van der Waals surface area contributed by atoms with Gasteiger partial charge in [0, 0.05) is 23.0 Å². The topological polar surface area (TPSA) is 105 Å². The van der Waals surface area contributed by atoms with Gasteiger partial charge in [-0.05, 0) is 29.8 Å². The zero-order valence-electron chi connectivity index (χ0n) is 15.2. The molecule has 154 valence electrons. The van der Waals surface area contributed by atoms with E-state index in [4.69, 9.17) is 5.14 Å². The van der Waals surface area contributed by atoms with Crippen molar-refractivity contribution in [3.05, 3.63) is 72.4 Å². The van der Waals surface area contributed by atoms with Gasteiger partial charge in [-0.2, -0.15) is 18.3 Å². The van der Waals surface area contributed by atoms with Crippen LogP contribution in [0.1, 0.15) is 5.56 Å². The molecule has 0 radical (unpaired) electrons. The van der Waals surface area contributed by atoms with Crippen LogP contribution in [0.4, 0.5) is 13.2 Å². The van der Waals surface area contributed by atoms with E-state index in [1.54, 1.807) is 30.5 Å². The Morgan fingerprint density at radius 2 is 1.47 bits per heavy atom. The number of nitrogens with two attached hydrogens (primary N) is 1. The molecule has 0 aliphatic rings. The highest BCUT2D eigenvalue weighted by atomic mass is 32.2. The molecule has 6 nitrogen and oxygen atoms in total. The molecular weight excluding hydrogens is 417 g/mol. The monoisotopic (exact) mass is 432 g/mol. The molecule has 10 heteroatoms. The fourth-order valence-electron chi connectivity index (χ4n) is 3.16. The van der Waals surface area contributed by atoms with E-state index in [0.29, 0.717) is 5.56 Å². The summed E-state index contributed by atoms with van der Waals surface area (Å²) in [6.07, 6.45) is -2.93. The summed E-state index contributed by atoms with van der Waals surface area (Å²) < 4.78 is 64.5. The van der Waals surface area contributed by atoms with Gasteiger partial charge < -0.3 is 4.98 Å². The quantitative estimate of drug-likeness (QED) is 0.445. The van der Waals surface area contributed by atoms with Gasteiger partial charge in [-0.1, -0.05) is 36.4 Å². The highest BCUT2D eigenvalue weighted by molar-refractivity contribution is 7.89. The lowest BCUT2D eigenvalue weighted by molar-refractivity contribution is -0.136. The van der Waals surface area contributed by atoms with Crippen LogP contribution in [0.25, 0.3) is 33.8 Å². The van der Waals surface area contributed by atoms with Gasteiger partial charge in [0.15, 0.2) is 0 Å². The molecular formula is C20H15F3N4O2S. The Kier molecular flexibility index (Phi) is 4.75. The maximum atomic E-state index is 13.9. The summed E-state index contributed by atoms with van der Waals surface area (Å²) in [6.45, 7) is 0. The maximum absolute atomic E-state index is 13.9. The standard InChI is InChI=1S/C20H15F3N4O2S/c21-20(22,23)17-18(13-5-3-12(4-6-13)16-2-1-11-25-16)26-27-19(17)14-7-9-15(10-8-14)30(24,28)29/h1-11,25H,(H,26,27)(H2,24,28,29). The third kappa shape index (κ3) is 3.74. The first-order chi connectivity index (χ1) is 14.1. The van der Waals surface area contributed by atoms with Crippen molar-refractivity contribution in [2.75, 3.05) is 0 Å². The lowest BCUT2D eigenvalue weighted by Crippen LogP contribution is -2.12. The van der Waals surface area contributed by atoms with Crippen LogP contribution in [0.3, 0.4) is 0 Å². The Morgan fingerprint density at radius 3 is 2.00 bits per heavy atom. The van der Waals surface area contributed by atoms with Crippen LogP contribution in [0, 0.1) is 0 Å². The summed E-state index contributed by atoms with van der Waals surface area (Å²) >= 11 is 0. The van der Waals surface area contributed by atoms with E-state index in [1.807, 2.05) is 12.1 Å². The van der Waals surface area contributed by atoms with Crippen LogP contribution in [0.2, 0.25) is 0 Å². The Labute approximate surface area is 169 Å². The van der Waals surface area contributed by atoms with Crippen molar-refractivity contribution in [1.82, 2.24) is 15.2 Å². The molecule has 0 fully saturated rings. The van der Waals surface area contributed by atoms with Gasteiger partial charge in [-0.15, -0.1) is 0 Å². The van der Waals surface area contributed by atoms with Crippen molar-refractivity contribution in [3.8, 4) is 33.8 Å².